The van der Waals surface area contributed by atoms with Crippen molar-refractivity contribution in [2.75, 3.05) is 26.1 Å². The first-order chi connectivity index (χ1) is 14.1. The molecule has 0 aliphatic carbocycles. The van der Waals surface area contributed by atoms with Gasteiger partial charge in [-0.25, -0.2) is 4.79 Å². The van der Waals surface area contributed by atoms with Crippen molar-refractivity contribution in [2.24, 2.45) is 0 Å². The Morgan fingerprint density at radius 2 is 1.62 bits per heavy atom. The van der Waals surface area contributed by atoms with Gasteiger partial charge in [-0.15, -0.1) is 0 Å². The van der Waals surface area contributed by atoms with E-state index in [0.717, 1.165) is 22.1 Å². The number of carbonyl (C=O) groups is 2. The minimum atomic E-state index is -0.412. The molecular formula is C23H21NO5. The van der Waals surface area contributed by atoms with Gasteiger partial charge in [0.2, 0.25) is 0 Å². The first-order valence-corrected chi connectivity index (χ1v) is 8.94. The van der Waals surface area contributed by atoms with Crippen LogP contribution in [0.5, 0.6) is 11.5 Å². The highest BCUT2D eigenvalue weighted by molar-refractivity contribution is 5.92. The van der Waals surface area contributed by atoms with Crippen LogP contribution in [0.1, 0.15) is 5.56 Å². The Morgan fingerprint density at radius 1 is 0.897 bits per heavy atom. The molecule has 1 N–H and O–H groups in total. The minimum Gasteiger partial charge on any atom is -0.497 e. The summed E-state index contributed by atoms with van der Waals surface area (Å²) in [6.45, 7) is -0.112. The number of rotatable bonds is 7. The molecule has 29 heavy (non-hydrogen) atoms. The second-order valence-corrected chi connectivity index (χ2v) is 6.19. The maximum Gasteiger partial charge on any atom is 0.330 e. The fraction of sp³-hybridized carbons (Fsp3) is 0.130. The van der Waals surface area contributed by atoms with Crippen LogP contribution in [0.3, 0.4) is 0 Å². The van der Waals surface area contributed by atoms with Crippen molar-refractivity contribution in [3.05, 3.63) is 72.3 Å². The molecule has 1 amide bonds. The van der Waals surface area contributed by atoms with Crippen LogP contribution in [0.25, 0.3) is 16.8 Å². The van der Waals surface area contributed by atoms with E-state index in [0.29, 0.717) is 11.4 Å². The van der Waals surface area contributed by atoms with Gasteiger partial charge in [0.1, 0.15) is 11.5 Å². The molecule has 0 fully saturated rings. The normalized spacial score (nSPS) is 10.7. The minimum absolute atomic E-state index is 0.112. The number of anilines is 1. The van der Waals surface area contributed by atoms with Gasteiger partial charge < -0.3 is 19.5 Å². The molecule has 0 atom stereocenters. The molecule has 0 saturated carbocycles. The van der Waals surface area contributed by atoms with Crippen molar-refractivity contribution in [3.8, 4) is 11.5 Å². The summed E-state index contributed by atoms with van der Waals surface area (Å²) >= 11 is 0. The number of hydrogen-bond acceptors (Lipinski definition) is 5. The lowest BCUT2D eigenvalue weighted by Gasteiger charge is -2.09. The summed E-state index contributed by atoms with van der Waals surface area (Å²) in [5.74, 6) is 0.628. The van der Waals surface area contributed by atoms with Gasteiger partial charge in [-0.2, -0.15) is 0 Å². The third kappa shape index (κ3) is 5.59. The predicted octanol–water partition coefficient (Wildman–Crippen LogP) is 4.05. The van der Waals surface area contributed by atoms with Crippen molar-refractivity contribution in [3.63, 3.8) is 0 Å². The van der Waals surface area contributed by atoms with E-state index in [4.69, 9.17) is 9.47 Å². The summed E-state index contributed by atoms with van der Waals surface area (Å²) in [5, 5.41) is 4.73. The molecule has 148 valence electrons. The Hall–Kier alpha value is -3.80. The van der Waals surface area contributed by atoms with Gasteiger partial charge in [0.15, 0.2) is 6.61 Å². The van der Waals surface area contributed by atoms with E-state index in [2.05, 4.69) is 10.1 Å². The fourth-order valence-electron chi connectivity index (χ4n) is 2.69. The number of esters is 1. The summed E-state index contributed by atoms with van der Waals surface area (Å²) in [7, 11) is 2.92. The Morgan fingerprint density at radius 3 is 2.34 bits per heavy atom. The lowest BCUT2D eigenvalue weighted by molar-refractivity contribution is -0.134. The third-order valence-electron chi connectivity index (χ3n) is 4.19. The third-order valence-corrected chi connectivity index (χ3v) is 4.19. The molecule has 3 aromatic carbocycles. The lowest BCUT2D eigenvalue weighted by Crippen LogP contribution is -2.20. The van der Waals surface area contributed by atoms with Gasteiger partial charge >= 0.3 is 5.97 Å². The Labute approximate surface area is 168 Å². The van der Waals surface area contributed by atoms with Crippen molar-refractivity contribution in [2.45, 2.75) is 0 Å². The zero-order valence-corrected chi connectivity index (χ0v) is 16.2. The van der Waals surface area contributed by atoms with E-state index >= 15 is 0 Å². The Kier molecular flexibility index (Phi) is 6.47. The first-order valence-electron chi connectivity index (χ1n) is 8.94. The number of amides is 1. The van der Waals surface area contributed by atoms with E-state index in [1.54, 1.807) is 37.5 Å². The molecule has 6 nitrogen and oxygen atoms in total. The fourth-order valence-corrected chi connectivity index (χ4v) is 2.69. The molecular weight excluding hydrogens is 370 g/mol. The average Bonchev–Trinajstić information content (AvgIpc) is 2.76. The zero-order chi connectivity index (χ0) is 20.6. The zero-order valence-electron chi connectivity index (χ0n) is 16.2. The highest BCUT2D eigenvalue weighted by Crippen LogP contribution is 2.23. The summed E-state index contributed by atoms with van der Waals surface area (Å²) < 4.78 is 15.3. The van der Waals surface area contributed by atoms with E-state index in [9.17, 15) is 9.59 Å². The summed E-state index contributed by atoms with van der Waals surface area (Å²) in [4.78, 5) is 23.4. The first kappa shape index (κ1) is 19.9. The quantitative estimate of drug-likeness (QED) is 0.486. The topological polar surface area (TPSA) is 73.9 Å². The van der Waals surface area contributed by atoms with Crippen LogP contribution in [0, 0.1) is 0 Å². The molecule has 6 heteroatoms. The second-order valence-electron chi connectivity index (χ2n) is 6.19. The van der Waals surface area contributed by atoms with Crippen LogP contribution in [0.2, 0.25) is 0 Å². The molecule has 0 aromatic heterocycles. The summed E-state index contributed by atoms with van der Waals surface area (Å²) in [6.07, 6.45) is 3.05. The molecule has 0 aliphatic heterocycles. The highest BCUT2D eigenvalue weighted by Gasteiger charge is 2.05. The van der Waals surface area contributed by atoms with Crippen molar-refractivity contribution < 1.29 is 23.8 Å². The molecule has 3 rings (SSSR count). The predicted molar refractivity (Wildman–Crippen MR) is 112 cm³/mol. The second kappa shape index (κ2) is 9.41. The number of fused-ring (bicyclic) bond motifs is 1. The highest BCUT2D eigenvalue weighted by atomic mass is 16.5. The van der Waals surface area contributed by atoms with E-state index < -0.39 is 5.97 Å². The van der Waals surface area contributed by atoms with E-state index in [1.807, 2.05) is 36.4 Å². The smallest absolute Gasteiger partial charge is 0.330 e. The number of hydrogen-bond donors (Lipinski definition) is 1. The molecule has 0 saturated heterocycles. The number of nitrogens with one attached hydrogen (secondary N) is 1. The van der Waals surface area contributed by atoms with E-state index in [1.165, 1.54) is 13.2 Å². The van der Waals surface area contributed by atoms with Crippen molar-refractivity contribution >= 4 is 34.4 Å². The van der Waals surface area contributed by atoms with Gasteiger partial charge in [-0.05, 0) is 64.9 Å². The maximum atomic E-state index is 12.1. The van der Waals surface area contributed by atoms with E-state index in [-0.39, 0.29) is 12.5 Å². The molecule has 3 aromatic rings. The Bertz CT molecular complexity index is 1040. The van der Waals surface area contributed by atoms with Crippen LogP contribution >= 0.6 is 0 Å². The molecule has 0 unspecified atom stereocenters. The number of methoxy groups -OCH3 is 2. The number of benzene rings is 3. The maximum absolute atomic E-state index is 12.1. The molecule has 0 heterocycles. The van der Waals surface area contributed by atoms with Gasteiger partial charge in [0, 0.05) is 11.8 Å². The molecule has 0 spiro atoms. The van der Waals surface area contributed by atoms with Gasteiger partial charge in [-0.1, -0.05) is 18.2 Å². The van der Waals surface area contributed by atoms with Crippen molar-refractivity contribution in [1.29, 1.82) is 0 Å². The van der Waals surface area contributed by atoms with Gasteiger partial charge in [0.05, 0.1) is 14.2 Å². The largest absolute Gasteiger partial charge is 0.497 e. The van der Waals surface area contributed by atoms with Gasteiger partial charge in [-0.3, -0.25) is 4.79 Å². The van der Waals surface area contributed by atoms with Crippen LogP contribution in [-0.4, -0.2) is 32.7 Å². The average molecular weight is 391 g/mol. The molecule has 0 aliphatic rings. The lowest BCUT2D eigenvalue weighted by atomic mass is 10.1. The number of ether oxygens (including phenoxy) is 3. The van der Waals surface area contributed by atoms with Crippen molar-refractivity contribution in [1.82, 2.24) is 0 Å². The van der Waals surface area contributed by atoms with Gasteiger partial charge in [0.25, 0.3) is 5.91 Å². The van der Waals surface area contributed by atoms with Crippen LogP contribution in [-0.2, 0) is 14.3 Å². The number of carbonyl (C=O) groups excluding carboxylic acids is 2. The molecule has 0 radical (unpaired) electrons. The van der Waals surface area contributed by atoms with Crippen LogP contribution < -0.4 is 14.8 Å². The standard InChI is InChI=1S/C23H21NO5/c1-27-20-10-7-19(8-11-20)24-22(25)15-29-21-9-6-17-5-3-16(13-18(17)14-21)4-12-23(26)28-2/h3-14H,15H2,1-2H3,(H,24,25)/b12-4+. The molecule has 0 bridgehead atoms. The van der Waals surface area contributed by atoms with Crippen LogP contribution in [0.15, 0.2) is 66.7 Å². The Balaban J connectivity index is 1.63. The summed E-state index contributed by atoms with van der Waals surface area (Å²) in [6, 6.07) is 18.4. The SMILES string of the molecule is COC(=O)/C=C/c1ccc2ccc(OCC(=O)Nc3ccc(OC)cc3)cc2c1. The monoisotopic (exact) mass is 391 g/mol. The summed E-state index contributed by atoms with van der Waals surface area (Å²) in [5.41, 5.74) is 1.53. The van der Waals surface area contributed by atoms with Crippen LogP contribution in [0.4, 0.5) is 5.69 Å².